The Labute approximate surface area is 168 Å². The number of hydrogen-bond acceptors (Lipinski definition) is 5. The fourth-order valence-electron chi connectivity index (χ4n) is 3.87. The molecule has 0 spiro atoms. The second kappa shape index (κ2) is 7.69. The standard InChI is InChI=1S/C21H24FN5O2/c1-11(2)25-21(28)12-4-6-15-14(8-12)18-19(26-15)23-10-24-20(18)27-16-9-13(22)5-7-17(16)29-3/h5,7,9-12H,4,6,8H2,1-3H3,(H,25,28)(H2,23,24,26,27). The predicted octanol–water partition coefficient (Wildman–Crippen LogP) is 3.48. The van der Waals surface area contributed by atoms with E-state index >= 15 is 0 Å². The maximum absolute atomic E-state index is 13.8. The highest BCUT2D eigenvalue weighted by molar-refractivity contribution is 5.94. The molecule has 0 bridgehead atoms. The second-order valence-electron chi connectivity index (χ2n) is 7.60. The first-order chi connectivity index (χ1) is 14.0. The van der Waals surface area contributed by atoms with Crippen LogP contribution in [0.4, 0.5) is 15.9 Å². The van der Waals surface area contributed by atoms with Crippen LogP contribution in [0, 0.1) is 11.7 Å². The van der Waals surface area contributed by atoms with E-state index in [2.05, 4.69) is 25.6 Å². The number of halogens is 1. The lowest BCUT2D eigenvalue weighted by atomic mass is 9.86. The number of H-pyrrole nitrogens is 1. The first-order valence-electron chi connectivity index (χ1n) is 9.71. The zero-order chi connectivity index (χ0) is 20.5. The lowest BCUT2D eigenvalue weighted by Gasteiger charge is -2.23. The minimum Gasteiger partial charge on any atom is -0.495 e. The van der Waals surface area contributed by atoms with E-state index in [0.717, 1.165) is 29.5 Å². The topological polar surface area (TPSA) is 91.9 Å². The molecule has 3 aromatic rings. The molecule has 4 rings (SSSR count). The fourth-order valence-corrected chi connectivity index (χ4v) is 3.87. The van der Waals surface area contributed by atoms with Crippen molar-refractivity contribution in [3.8, 4) is 5.75 Å². The molecule has 1 aliphatic carbocycles. The van der Waals surface area contributed by atoms with E-state index in [4.69, 9.17) is 4.74 Å². The SMILES string of the molecule is COc1ccc(F)cc1Nc1ncnc2[nH]c3c(c12)CC(C(=O)NC(C)C)CC3. The van der Waals surface area contributed by atoms with Crippen LogP contribution in [0.15, 0.2) is 24.5 Å². The molecule has 0 aliphatic heterocycles. The number of anilines is 2. The maximum Gasteiger partial charge on any atom is 0.223 e. The van der Waals surface area contributed by atoms with Crippen molar-refractivity contribution < 1.29 is 13.9 Å². The van der Waals surface area contributed by atoms with Crippen LogP contribution in [0.1, 0.15) is 31.5 Å². The monoisotopic (exact) mass is 397 g/mol. The number of amides is 1. The van der Waals surface area contributed by atoms with Gasteiger partial charge in [0.05, 0.1) is 18.2 Å². The Kier molecular flexibility index (Phi) is 5.08. The molecule has 0 saturated heterocycles. The van der Waals surface area contributed by atoms with Crippen LogP contribution in [-0.2, 0) is 17.6 Å². The van der Waals surface area contributed by atoms with Gasteiger partial charge in [0.25, 0.3) is 0 Å². The third-order valence-electron chi connectivity index (χ3n) is 5.19. The van der Waals surface area contributed by atoms with Gasteiger partial charge in [0.1, 0.15) is 29.4 Å². The van der Waals surface area contributed by atoms with E-state index < -0.39 is 0 Å². The molecule has 8 heteroatoms. The van der Waals surface area contributed by atoms with E-state index in [9.17, 15) is 9.18 Å². The Hall–Kier alpha value is -3.16. The third kappa shape index (κ3) is 3.74. The summed E-state index contributed by atoms with van der Waals surface area (Å²) >= 11 is 0. The van der Waals surface area contributed by atoms with Gasteiger partial charge >= 0.3 is 0 Å². The van der Waals surface area contributed by atoms with Crippen molar-refractivity contribution in [1.29, 1.82) is 0 Å². The van der Waals surface area contributed by atoms with Crippen LogP contribution in [0.3, 0.4) is 0 Å². The summed E-state index contributed by atoms with van der Waals surface area (Å²) in [7, 11) is 1.53. The minimum atomic E-state index is -0.375. The van der Waals surface area contributed by atoms with Gasteiger partial charge in [0.2, 0.25) is 5.91 Å². The Morgan fingerprint density at radius 2 is 2.17 bits per heavy atom. The van der Waals surface area contributed by atoms with Crippen LogP contribution >= 0.6 is 0 Å². The van der Waals surface area contributed by atoms with Crippen LogP contribution in [0.5, 0.6) is 5.75 Å². The fraction of sp³-hybridized carbons (Fsp3) is 0.381. The molecule has 1 atom stereocenters. The zero-order valence-corrected chi connectivity index (χ0v) is 16.7. The average molecular weight is 397 g/mol. The molecular formula is C21H24FN5O2. The number of aryl methyl sites for hydroxylation is 1. The number of benzene rings is 1. The Balaban J connectivity index is 1.72. The molecule has 1 amide bonds. The normalized spacial score (nSPS) is 16.0. The summed E-state index contributed by atoms with van der Waals surface area (Å²) in [6, 6.07) is 4.38. The smallest absolute Gasteiger partial charge is 0.223 e. The minimum absolute atomic E-state index is 0.0677. The number of hydrogen-bond donors (Lipinski definition) is 3. The number of aromatic amines is 1. The summed E-state index contributed by atoms with van der Waals surface area (Å²) < 4.78 is 19.1. The Morgan fingerprint density at radius 1 is 1.34 bits per heavy atom. The molecule has 0 fully saturated rings. The quantitative estimate of drug-likeness (QED) is 0.613. The first kappa shape index (κ1) is 19.2. The molecule has 1 aromatic carbocycles. The number of carbonyl (C=O) groups is 1. The number of methoxy groups -OCH3 is 1. The van der Waals surface area contributed by atoms with Crippen LogP contribution in [-0.4, -0.2) is 34.0 Å². The lowest BCUT2D eigenvalue weighted by molar-refractivity contribution is -0.125. The summed E-state index contributed by atoms with van der Waals surface area (Å²) in [5.41, 5.74) is 3.29. The summed E-state index contributed by atoms with van der Waals surface area (Å²) in [6.45, 7) is 3.92. The van der Waals surface area contributed by atoms with Crippen LogP contribution in [0.25, 0.3) is 11.0 Å². The van der Waals surface area contributed by atoms with Gasteiger partial charge in [-0.3, -0.25) is 4.79 Å². The summed E-state index contributed by atoms with van der Waals surface area (Å²) in [4.78, 5) is 24.6. The highest BCUT2D eigenvalue weighted by atomic mass is 19.1. The summed E-state index contributed by atoms with van der Waals surface area (Å²) in [5, 5.41) is 7.02. The number of nitrogens with one attached hydrogen (secondary N) is 3. The maximum atomic E-state index is 13.8. The number of nitrogens with zero attached hydrogens (tertiary/aromatic N) is 2. The highest BCUT2D eigenvalue weighted by Crippen LogP contribution is 2.36. The van der Waals surface area contributed by atoms with Crippen molar-refractivity contribution in [2.24, 2.45) is 5.92 Å². The molecule has 152 valence electrons. The number of ether oxygens (including phenoxy) is 1. The van der Waals surface area contributed by atoms with Crippen LogP contribution in [0.2, 0.25) is 0 Å². The van der Waals surface area contributed by atoms with Crippen molar-refractivity contribution in [2.75, 3.05) is 12.4 Å². The van der Waals surface area contributed by atoms with E-state index in [-0.39, 0.29) is 23.7 Å². The lowest BCUT2D eigenvalue weighted by Crippen LogP contribution is -2.37. The molecule has 0 saturated carbocycles. The van der Waals surface area contributed by atoms with Crippen molar-refractivity contribution in [3.05, 3.63) is 41.6 Å². The largest absolute Gasteiger partial charge is 0.495 e. The van der Waals surface area contributed by atoms with Crippen molar-refractivity contribution in [1.82, 2.24) is 20.3 Å². The number of rotatable bonds is 5. The molecule has 29 heavy (non-hydrogen) atoms. The van der Waals surface area contributed by atoms with Crippen LogP contribution < -0.4 is 15.4 Å². The van der Waals surface area contributed by atoms with Gasteiger partial charge < -0.3 is 20.4 Å². The van der Waals surface area contributed by atoms with E-state index in [1.54, 1.807) is 6.07 Å². The average Bonchev–Trinajstić information content (AvgIpc) is 3.06. The highest BCUT2D eigenvalue weighted by Gasteiger charge is 2.29. The molecule has 1 aliphatic rings. The van der Waals surface area contributed by atoms with Crippen molar-refractivity contribution in [2.45, 2.75) is 39.2 Å². The Morgan fingerprint density at radius 3 is 2.93 bits per heavy atom. The molecule has 0 radical (unpaired) electrons. The molecular weight excluding hydrogens is 373 g/mol. The van der Waals surface area contributed by atoms with Gasteiger partial charge in [0, 0.05) is 23.7 Å². The van der Waals surface area contributed by atoms with Gasteiger partial charge in [-0.1, -0.05) is 0 Å². The number of carbonyl (C=O) groups excluding carboxylic acids is 1. The van der Waals surface area contributed by atoms with E-state index in [1.165, 1.54) is 25.6 Å². The molecule has 2 aromatic heterocycles. The zero-order valence-electron chi connectivity index (χ0n) is 16.7. The first-order valence-corrected chi connectivity index (χ1v) is 9.71. The van der Waals surface area contributed by atoms with E-state index in [0.29, 0.717) is 29.3 Å². The second-order valence-corrected chi connectivity index (χ2v) is 7.60. The predicted molar refractivity (Wildman–Crippen MR) is 109 cm³/mol. The summed E-state index contributed by atoms with van der Waals surface area (Å²) in [5.74, 6) is 0.664. The van der Waals surface area contributed by atoms with Gasteiger partial charge in [-0.05, 0) is 50.8 Å². The van der Waals surface area contributed by atoms with Gasteiger partial charge in [-0.25, -0.2) is 14.4 Å². The molecule has 3 N–H and O–H groups in total. The van der Waals surface area contributed by atoms with Gasteiger partial charge in [-0.2, -0.15) is 0 Å². The van der Waals surface area contributed by atoms with Gasteiger partial charge in [-0.15, -0.1) is 0 Å². The molecule has 7 nitrogen and oxygen atoms in total. The molecule has 1 unspecified atom stereocenters. The van der Waals surface area contributed by atoms with E-state index in [1.807, 2.05) is 13.8 Å². The molecule has 2 heterocycles. The Bertz CT molecular complexity index is 1060. The van der Waals surface area contributed by atoms with Crippen molar-refractivity contribution in [3.63, 3.8) is 0 Å². The van der Waals surface area contributed by atoms with Crippen molar-refractivity contribution >= 4 is 28.4 Å². The summed E-state index contributed by atoms with van der Waals surface area (Å²) in [6.07, 6.45) is 3.62. The number of aromatic nitrogens is 3. The number of fused-ring (bicyclic) bond motifs is 3. The van der Waals surface area contributed by atoms with Gasteiger partial charge in [0.15, 0.2) is 0 Å². The third-order valence-corrected chi connectivity index (χ3v) is 5.19.